The van der Waals surface area contributed by atoms with Crippen LogP contribution in [0.3, 0.4) is 0 Å². The van der Waals surface area contributed by atoms with Gasteiger partial charge in [-0.3, -0.25) is 9.69 Å². The van der Waals surface area contributed by atoms with E-state index in [1.54, 1.807) is 0 Å². The predicted molar refractivity (Wildman–Crippen MR) is 49.2 cm³/mol. The van der Waals surface area contributed by atoms with Crippen molar-refractivity contribution in [1.29, 1.82) is 0 Å². The molecule has 3 fully saturated rings. The minimum absolute atomic E-state index is 0.290. The molecule has 1 saturated carbocycles. The minimum Gasteiger partial charge on any atom is -0.354 e. The molecule has 3 rings (SSSR count). The smallest absolute Gasteiger partial charge is 0.224 e. The molecule has 2 aliphatic heterocycles. The van der Waals surface area contributed by atoms with Gasteiger partial charge < -0.3 is 5.32 Å². The second kappa shape index (κ2) is 2.71. The van der Waals surface area contributed by atoms with Crippen LogP contribution in [0.1, 0.15) is 25.7 Å². The molecule has 2 heterocycles. The summed E-state index contributed by atoms with van der Waals surface area (Å²) in [6.45, 7) is 1.92. The van der Waals surface area contributed by atoms with Crippen LogP contribution in [-0.4, -0.2) is 36.0 Å². The lowest BCUT2D eigenvalue weighted by Crippen LogP contribution is -2.47. The van der Waals surface area contributed by atoms with Crippen molar-refractivity contribution in [2.75, 3.05) is 13.1 Å². The number of piperidine rings is 1. The number of hydrogen-bond acceptors (Lipinski definition) is 2. The van der Waals surface area contributed by atoms with Crippen LogP contribution in [0, 0.1) is 5.92 Å². The van der Waals surface area contributed by atoms with E-state index in [-0.39, 0.29) is 5.91 Å². The van der Waals surface area contributed by atoms with Crippen molar-refractivity contribution in [3.8, 4) is 0 Å². The standard InChI is InChI=1S/C10H16N2O/c13-10-7-4-9(5-11-10)12(6-7)8-2-1-3-8/h7-9H,1-6H2,(H,11,13). The van der Waals surface area contributed by atoms with Gasteiger partial charge in [-0.25, -0.2) is 0 Å². The lowest BCUT2D eigenvalue weighted by molar-refractivity contribution is -0.125. The molecule has 2 atom stereocenters. The Morgan fingerprint density at radius 3 is 2.77 bits per heavy atom. The Bertz CT molecular complexity index is 237. The van der Waals surface area contributed by atoms with Gasteiger partial charge in [0.25, 0.3) is 0 Å². The third kappa shape index (κ3) is 1.10. The van der Waals surface area contributed by atoms with Crippen molar-refractivity contribution in [3.05, 3.63) is 0 Å². The zero-order valence-corrected chi connectivity index (χ0v) is 7.83. The van der Waals surface area contributed by atoms with Crippen LogP contribution in [0.4, 0.5) is 0 Å². The van der Waals surface area contributed by atoms with Gasteiger partial charge in [-0.05, 0) is 19.3 Å². The van der Waals surface area contributed by atoms with Crippen LogP contribution < -0.4 is 5.32 Å². The SMILES string of the molecule is O=C1NCC2CC1CN2C1CCC1. The average Bonchev–Trinajstić information content (AvgIpc) is 2.36. The zero-order chi connectivity index (χ0) is 8.84. The summed E-state index contributed by atoms with van der Waals surface area (Å²) in [6.07, 6.45) is 5.22. The summed E-state index contributed by atoms with van der Waals surface area (Å²) in [7, 11) is 0. The molecule has 0 aromatic carbocycles. The van der Waals surface area contributed by atoms with Gasteiger partial charge in [0.05, 0.1) is 5.92 Å². The van der Waals surface area contributed by atoms with Crippen molar-refractivity contribution >= 4 is 5.91 Å². The molecule has 2 saturated heterocycles. The highest BCUT2D eigenvalue weighted by Crippen LogP contribution is 2.35. The third-order valence-electron chi connectivity index (χ3n) is 3.88. The number of carbonyl (C=O) groups is 1. The molecule has 0 aromatic rings. The summed E-state index contributed by atoms with van der Waals surface area (Å²) < 4.78 is 0. The molecule has 1 amide bonds. The normalized spacial score (nSPS) is 40.2. The topological polar surface area (TPSA) is 32.3 Å². The van der Waals surface area contributed by atoms with Crippen LogP contribution in [-0.2, 0) is 4.79 Å². The Morgan fingerprint density at radius 2 is 2.15 bits per heavy atom. The van der Waals surface area contributed by atoms with E-state index in [9.17, 15) is 4.79 Å². The molecule has 0 aromatic heterocycles. The van der Waals surface area contributed by atoms with Gasteiger partial charge in [0.2, 0.25) is 5.91 Å². The summed E-state index contributed by atoms with van der Waals surface area (Å²) in [6, 6.07) is 1.47. The Balaban J connectivity index is 1.74. The Labute approximate surface area is 78.5 Å². The maximum atomic E-state index is 11.4. The molecule has 0 radical (unpaired) electrons. The molecule has 2 unspecified atom stereocenters. The lowest BCUT2D eigenvalue weighted by Gasteiger charge is -2.38. The molecular weight excluding hydrogens is 164 g/mol. The Morgan fingerprint density at radius 1 is 1.31 bits per heavy atom. The van der Waals surface area contributed by atoms with Crippen molar-refractivity contribution in [2.45, 2.75) is 37.8 Å². The molecule has 1 N–H and O–H groups in total. The Hall–Kier alpha value is -0.570. The molecular formula is C10H16N2O. The second-order valence-corrected chi connectivity index (χ2v) is 4.61. The van der Waals surface area contributed by atoms with Gasteiger partial charge in [0.1, 0.15) is 0 Å². The van der Waals surface area contributed by atoms with Gasteiger partial charge >= 0.3 is 0 Å². The quantitative estimate of drug-likeness (QED) is 0.632. The number of fused-ring (bicyclic) bond motifs is 2. The number of nitrogens with zero attached hydrogens (tertiary/aromatic N) is 1. The number of carbonyl (C=O) groups excluding carboxylic acids is 1. The van der Waals surface area contributed by atoms with Crippen LogP contribution >= 0.6 is 0 Å². The van der Waals surface area contributed by atoms with Crippen molar-refractivity contribution in [2.24, 2.45) is 5.92 Å². The number of hydrogen-bond donors (Lipinski definition) is 1. The first-order valence-corrected chi connectivity index (χ1v) is 5.38. The number of amides is 1. The van der Waals surface area contributed by atoms with Crippen LogP contribution in [0.2, 0.25) is 0 Å². The van der Waals surface area contributed by atoms with Gasteiger partial charge in [0, 0.05) is 25.2 Å². The number of rotatable bonds is 1. The van der Waals surface area contributed by atoms with Gasteiger partial charge in [-0.1, -0.05) is 6.42 Å². The molecule has 13 heavy (non-hydrogen) atoms. The number of likely N-dealkylation sites (tertiary alicyclic amines) is 1. The van der Waals surface area contributed by atoms with E-state index in [0.717, 1.165) is 25.6 Å². The van der Waals surface area contributed by atoms with Crippen molar-refractivity contribution < 1.29 is 4.79 Å². The van der Waals surface area contributed by atoms with Gasteiger partial charge in [-0.2, -0.15) is 0 Å². The largest absolute Gasteiger partial charge is 0.354 e. The first-order valence-electron chi connectivity index (χ1n) is 5.38. The van der Waals surface area contributed by atoms with Gasteiger partial charge in [-0.15, -0.1) is 0 Å². The lowest BCUT2D eigenvalue weighted by atomic mass is 9.91. The monoisotopic (exact) mass is 180 g/mol. The molecule has 72 valence electrons. The maximum absolute atomic E-state index is 11.4. The summed E-state index contributed by atoms with van der Waals surface area (Å²) >= 11 is 0. The second-order valence-electron chi connectivity index (χ2n) is 4.61. The van der Waals surface area contributed by atoms with E-state index in [4.69, 9.17) is 0 Å². The summed E-state index contributed by atoms with van der Waals surface area (Å²) in [5.74, 6) is 0.595. The highest BCUT2D eigenvalue weighted by Gasteiger charge is 2.43. The van der Waals surface area contributed by atoms with Crippen molar-refractivity contribution in [3.63, 3.8) is 0 Å². The van der Waals surface area contributed by atoms with E-state index >= 15 is 0 Å². The fourth-order valence-electron chi connectivity index (χ4n) is 2.86. The van der Waals surface area contributed by atoms with Crippen molar-refractivity contribution in [1.82, 2.24) is 10.2 Å². The third-order valence-corrected chi connectivity index (χ3v) is 3.88. The van der Waals surface area contributed by atoms with E-state index in [2.05, 4.69) is 10.2 Å². The maximum Gasteiger partial charge on any atom is 0.224 e. The molecule has 0 spiro atoms. The summed E-state index contributed by atoms with van der Waals surface area (Å²) in [5, 5.41) is 3.00. The number of nitrogens with one attached hydrogen (secondary N) is 1. The fourth-order valence-corrected chi connectivity index (χ4v) is 2.86. The molecule has 2 bridgehead atoms. The van der Waals surface area contributed by atoms with E-state index < -0.39 is 0 Å². The molecule has 3 heteroatoms. The summed E-state index contributed by atoms with van der Waals surface area (Å²) in [5.41, 5.74) is 0. The Kier molecular flexibility index (Phi) is 1.62. The molecule has 3 aliphatic rings. The first kappa shape index (κ1) is 7.80. The first-order chi connectivity index (χ1) is 6.34. The van der Waals surface area contributed by atoms with E-state index in [1.165, 1.54) is 19.3 Å². The van der Waals surface area contributed by atoms with E-state index in [1.807, 2.05) is 0 Å². The van der Waals surface area contributed by atoms with Crippen LogP contribution in [0.15, 0.2) is 0 Å². The highest BCUT2D eigenvalue weighted by atomic mass is 16.2. The predicted octanol–water partition coefficient (Wildman–Crippen LogP) is 0.359. The zero-order valence-electron chi connectivity index (χ0n) is 7.83. The molecule has 3 nitrogen and oxygen atoms in total. The molecule has 1 aliphatic carbocycles. The van der Waals surface area contributed by atoms with Crippen LogP contribution in [0.25, 0.3) is 0 Å². The van der Waals surface area contributed by atoms with E-state index in [0.29, 0.717) is 12.0 Å². The summed E-state index contributed by atoms with van der Waals surface area (Å²) in [4.78, 5) is 14.0. The highest BCUT2D eigenvalue weighted by molar-refractivity contribution is 5.80. The van der Waals surface area contributed by atoms with Crippen LogP contribution in [0.5, 0.6) is 0 Å². The van der Waals surface area contributed by atoms with Gasteiger partial charge in [0.15, 0.2) is 0 Å². The average molecular weight is 180 g/mol. The fraction of sp³-hybridized carbons (Fsp3) is 0.900. The minimum atomic E-state index is 0.290.